The molecule has 0 atom stereocenters. The van der Waals surface area contributed by atoms with Gasteiger partial charge in [0.05, 0.1) is 5.56 Å². The first-order valence-electron chi connectivity index (χ1n) is 5.54. The van der Waals surface area contributed by atoms with Crippen LogP contribution in [-0.2, 0) is 6.18 Å². The highest BCUT2D eigenvalue weighted by Crippen LogP contribution is 2.38. The third-order valence-corrected chi connectivity index (χ3v) is 2.93. The fraction of sp³-hybridized carbons (Fsp3) is 0.143. The zero-order chi connectivity index (χ0) is 14.9. The first-order valence-corrected chi connectivity index (χ1v) is 5.92. The lowest BCUT2D eigenvalue weighted by Crippen LogP contribution is -2.07. The van der Waals surface area contributed by atoms with Crippen molar-refractivity contribution in [3.8, 4) is 11.1 Å². The van der Waals surface area contributed by atoms with Gasteiger partial charge in [0.2, 0.25) is 0 Å². The van der Waals surface area contributed by atoms with E-state index >= 15 is 0 Å². The lowest BCUT2D eigenvalue weighted by molar-refractivity contribution is -0.137. The van der Waals surface area contributed by atoms with Crippen LogP contribution >= 0.6 is 11.6 Å². The quantitative estimate of drug-likeness (QED) is 0.600. The van der Waals surface area contributed by atoms with Crippen molar-refractivity contribution in [2.24, 2.45) is 0 Å². The maximum absolute atomic E-state index is 12.9. The second-order valence-corrected chi connectivity index (χ2v) is 4.55. The summed E-state index contributed by atoms with van der Waals surface area (Å²) in [7, 11) is 0. The zero-order valence-electron chi connectivity index (χ0n) is 9.89. The van der Waals surface area contributed by atoms with Gasteiger partial charge < -0.3 is 0 Å². The van der Waals surface area contributed by atoms with Gasteiger partial charge in [0.1, 0.15) is 0 Å². The third-order valence-electron chi connectivity index (χ3n) is 2.72. The van der Waals surface area contributed by atoms with E-state index in [9.17, 15) is 22.0 Å². The fourth-order valence-electron chi connectivity index (χ4n) is 1.88. The highest BCUT2D eigenvalue weighted by molar-refractivity contribution is 6.31. The SMILES string of the molecule is FC(F)c1cc(Cl)cc(-c2ccccc2C(F)(F)F)c1. The number of rotatable bonds is 2. The molecule has 0 nitrogen and oxygen atoms in total. The molecule has 0 aromatic heterocycles. The van der Waals surface area contributed by atoms with E-state index in [1.165, 1.54) is 24.3 Å². The highest BCUT2D eigenvalue weighted by atomic mass is 35.5. The van der Waals surface area contributed by atoms with E-state index in [4.69, 9.17) is 11.6 Å². The van der Waals surface area contributed by atoms with Gasteiger partial charge in [-0.1, -0.05) is 29.8 Å². The summed E-state index contributed by atoms with van der Waals surface area (Å²) >= 11 is 5.70. The van der Waals surface area contributed by atoms with Crippen LogP contribution in [0.5, 0.6) is 0 Å². The van der Waals surface area contributed by atoms with Gasteiger partial charge in [0.25, 0.3) is 6.43 Å². The minimum atomic E-state index is -4.57. The van der Waals surface area contributed by atoms with E-state index in [-0.39, 0.29) is 16.1 Å². The van der Waals surface area contributed by atoms with Crippen LogP contribution in [0.3, 0.4) is 0 Å². The van der Waals surface area contributed by atoms with Gasteiger partial charge in [-0.25, -0.2) is 8.78 Å². The van der Waals surface area contributed by atoms with E-state index in [0.29, 0.717) is 0 Å². The normalized spacial score (nSPS) is 11.9. The first-order chi connectivity index (χ1) is 9.29. The average molecular weight is 307 g/mol. The molecule has 0 saturated heterocycles. The summed E-state index contributed by atoms with van der Waals surface area (Å²) in [6.45, 7) is 0. The Labute approximate surface area is 116 Å². The lowest BCUT2D eigenvalue weighted by atomic mass is 9.98. The molecule has 2 rings (SSSR count). The molecule has 0 saturated carbocycles. The Morgan fingerprint density at radius 2 is 1.60 bits per heavy atom. The summed E-state index contributed by atoms with van der Waals surface area (Å²) in [5.41, 5.74) is -1.46. The molecule has 0 N–H and O–H groups in total. The topological polar surface area (TPSA) is 0 Å². The Morgan fingerprint density at radius 1 is 0.950 bits per heavy atom. The summed E-state index contributed by atoms with van der Waals surface area (Å²) in [6.07, 6.45) is -7.37. The molecule has 0 fully saturated rings. The summed E-state index contributed by atoms with van der Waals surface area (Å²) in [5.74, 6) is 0. The Bertz CT molecular complexity index is 619. The third kappa shape index (κ3) is 3.10. The Balaban J connectivity index is 2.63. The van der Waals surface area contributed by atoms with Crippen LogP contribution in [0.4, 0.5) is 22.0 Å². The Hall–Kier alpha value is -1.62. The minimum absolute atomic E-state index is 0.0146. The molecule has 2 aromatic carbocycles. The molecule has 0 amide bonds. The van der Waals surface area contributed by atoms with Crippen LogP contribution in [-0.4, -0.2) is 0 Å². The number of alkyl halides is 5. The van der Waals surface area contributed by atoms with E-state index < -0.39 is 23.7 Å². The molecule has 0 aliphatic heterocycles. The second-order valence-electron chi connectivity index (χ2n) is 4.12. The van der Waals surface area contributed by atoms with Crippen LogP contribution in [0, 0.1) is 0 Å². The second kappa shape index (κ2) is 5.40. The maximum Gasteiger partial charge on any atom is 0.417 e. The molecule has 0 heterocycles. The van der Waals surface area contributed by atoms with Crippen molar-refractivity contribution in [3.63, 3.8) is 0 Å². The standard InChI is InChI=1S/C14H8ClF5/c15-10-6-8(5-9(7-10)13(16)17)11-3-1-2-4-12(11)14(18,19)20/h1-7,13H. The molecule has 0 unspecified atom stereocenters. The van der Waals surface area contributed by atoms with Crippen molar-refractivity contribution in [1.29, 1.82) is 0 Å². The highest BCUT2D eigenvalue weighted by Gasteiger charge is 2.33. The minimum Gasteiger partial charge on any atom is -0.205 e. The molecular weight excluding hydrogens is 299 g/mol. The molecule has 20 heavy (non-hydrogen) atoms. The van der Waals surface area contributed by atoms with Crippen LogP contribution in [0.2, 0.25) is 5.02 Å². The van der Waals surface area contributed by atoms with Crippen molar-refractivity contribution < 1.29 is 22.0 Å². The number of halogens is 6. The fourth-order valence-corrected chi connectivity index (χ4v) is 2.12. The van der Waals surface area contributed by atoms with Crippen LogP contribution in [0.25, 0.3) is 11.1 Å². The van der Waals surface area contributed by atoms with E-state index in [1.807, 2.05) is 0 Å². The molecule has 0 aliphatic carbocycles. The molecule has 6 heteroatoms. The van der Waals surface area contributed by atoms with Gasteiger partial charge in [-0.15, -0.1) is 0 Å². The predicted octanol–water partition coefficient (Wildman–Crippen LogP) is 5.96. The number of benzene rings is 2. The Morgan fingerprint density at radius 3 is 2.20 bits per heavy atom. The van der Waals surface area contributed by atoms with Gasteiger partial charge in [-0.3, -0.25) is 0 Å². The molecule has 0 radical (unpaired) electrons. The monoisotopic (exact) mass is 306 g/mol. The van der Waals surface area contributed by atoms with Crippen LogP contribution in [0.1, 0.15) is 17.6 Å². The van der Waals surface area contributed by atoms with Gasteiger partial charge >= 0.3 is 6.18 Å². The largest absolute Gasteiger partial charge is 0.417 e. The molecule has 106 valence electrons. The number of hydrogen-bond donors (Lipinski definition) is 0. The molecular formula is C14H8ClF5. The zero-order valence-corrected chi connectivity index (χ0v) is 10.6. The number of hydrogen-bond acceptors (Lipinski definition) is 0. The van der Waals surface area contributed by atoms with E-state index in [1.54, 1.807) is 0 Å². The summed E-state index contributed by atoms with van der Waals surface area (Å²) in [4.78, 5) is 0. The molecule has 0 spiro atoms. The van der Waals surface area contributed by atoms with Gasteiger partial charge in [0.15, 0.2) is 0 Å². The van der Waals surface area contributed by atoms with E-state index in [0.717, 1.165) is 18.2 Å². The van der Waals surface area contributed by atoms with Crippen molar-refractivity contribution in [2.75, 3.05) is 0 Å². The molecule has 0 bridgehead atoms. The van der Waals surface area contributed by atoms with E-state index in [2.05, 4.69) is 0 Å². The van der Waals surface area contributed by atoms with Crippen molar-refractivity contribution in [2.45, 2.75) is 12.6 Å². The van der Waals surface area contributed by atoms with Gasteiger partial charge in [-0.05, 0) is 35.4 Å². The first kappa shape index (κ1) is 14.8. The predicted molar refractivity (Wildman–Crippen MR) is 66.8 cm³/mol. The maximum atomic E-state index is 12.9. The van der Waals surface area contributed by atoms with Gasteiger partial charge in [0, 0.05) is 10.6 Å². The van der Waals surface area contributed by atoms with Crippen LogP contribution < -0.4 is 0 Å². The summed E-state index contributed by atoms with van der Waals surface area (Å²) < 4.78 is 64.1. The van der Waals surface area contributed by atoms with Gasteiger partial charge in [-0.2, -0.15) is 13.2 Å². The van der Waals surface area contributed by atoms with Crippen LogP contribution in [0.15, 0.2) is 42.5 Å². The molecule has 0 aliphatic rings. The summed E-state index contributed by atoms with van der Waals surface area (Å²) in [5, 5.41) is -0.0326. The Kier molecular flexibility index (Phi) is 3.99. The van der Waals surface area contributed by atoms with Crippen molar-refractivity contribution >= 4 is 11.6 Å². The van der Waals surface area contributed by atoms with Crippen molar-refractivity contribution in [1.82, 2.24) is 0 Å². The van der Waals surface area contributed by atoms with Crippen molar-refractivity contribution in [3.05, 3.63) is 58.6 Å². The molecule has 2 aromatic rings. The smallest absolute Gasteiger partial charge is 0.205 e. The summed E-state index contributed by atoms with van der Waals surface area (Å²) in [6, 6.07) is 8.06. The average Bonchev–Trinajstić information content (AvgIpc) is 2.37. The lowest BCUT2D eigenvalue weighted by Gasteiger charge is -2.14.